The van der Waals surface area contributed by atoms with Crippen LogP contribution in [0.1, 0.15) is 72.6 Å². The fourth-order valence-electron chi connectivity index (χ4n) is 2.21. The van der Waals surface area contributed by atoms with E-state index in [1.54, 1.807) is 0 Å². The number of carbonyl (C=O) groups excluding carboxylic acids is 1. The molecule has 0 saturated carbocycles. The van der Waals surface area contributed by atoms with E-state index < -0.39 is 0 Å². The number of carbonyl (C=O) groups is 1. The van der Waals surface area contributed by atoms with Crippen LogP contribution in [0.25, 0.3) is 0 Å². The van der Waals surface area contributed by atoms with Crippen molar-refractivity contribution in [1.82, 2.24) is 0 Å². The van der Waals surface area contributed by atoms with E-state index in [4.69, 9.17) is 4.74 Å². The Bertz CT molecular complexity index is 189. The lowest BCUT2D eigenvalue weighted by atomic mass is 9.88. The topological polar surface area (TPSA) is 26.3 Å². The van der Waals surface area contributed by atoms with Crippen LogP contribution in [0.3, 0.4) is 0 Å². The fraction of sp³-hybridized carbons (Fsp3) is 0.933. The number of esters is 1. The third kappa shape index (κ3) is 8.23. The second-order valence-corrected chi connectivity index (χ2v) is 5.07. The highest BCUT2D eigenvalue weighted by atomic mass is 16.5. The van der Waals surface area contributed by atoms with Gasteiger partial charge in [-0.3, -0.25) is 4.79 Å². The van der Waals surface area contributed by atoms with Crippen molar-refractivity contribution in [1.29, 1.82) is 0 Å². The molecule has 2 atom stereocenters. The molecule has 0 aromatic rings. The van der Waals surface area contributed by atoms with Gasteiger partial charge in [0.1, 0.15) is 0 Å². The summed E-state index contributed by atoms with van der Waals surface area (Å²) < 4.78 is 5.34. The van der Waals surface area contributed by atoms with E-state index in [2.05, 4.69) is 27.7 Å². The zero-order valence-corrected chi connectivity index (χ0v) is 12.1. The summed E-state index contributed by atoms with van der Waals surface area (Å²) in [7, 11) is 0. The second kappa shape index (κ2) is 10.6. The van der Waals surface area contributed by atoms with Crippen molar-refractivity contribution in [2.45, 2.75) is 72.6 Å². The quantitative estimate of drug-likeness (QED) is 0.414. The maximum Gasteiger partial charge on any atom is 0.305 e. The van der Waals surface area contributed by atoms with Crippen molar-refractivity contribution in [2.75, 3.05) is 6.61 Å². The van der Waals surface area contributed by atoms with Gasteiger partial charge in [0.25, 0.3) is 0 Å². The summed E-state index contributed by atoms with van der Waals surface area (Å²) in [5.74, 6) is 1.18. The molecule has 2 heteroatoms. The minimum atomic E-state index is -0.0170. The van der Waals surface area contributed by atoms with Crippen LogP contribution in [0.15, 0.2) is 0 Å². The van der Waals surface area contributed by atoms with Gasteiger partial charge in [0.2, 0.25) is 0 Å². The Balaban J connectivity index is 3.73. The molecule has 0 aliphatic rings. The Morgan fingerprint density at radius 3 is 2.35 bits per heavy atom. The lowest BCUT2D eigenvalue weighted by Crippen LogP contribution is -2.19. The molecule has 0 amide bonds. The van der Waals surface area contributed by atoms with E-state index in [0.29, 0.717) is 24.9 Å². The Morgan fingerprint density at radius 1 is 1.12 bits per heavy atom. The van der Waals surface area contributed by atoms with E-state index in [9.17, 15) is 4.79 Å². The highest BCUT2D eigenvalue weighted by molar-refractivity contribution is 5.69. The number of unbranched alkanes of at least 4 members (excludes halogenated alkanes) is 2. The number of ether oxygens (including phenoxy) is 1. The molecule has 0 aliphatic heterocycles. The highest BCUT2D eigenvalue weighted by Crippen LogP contribution is 2.21. The smallest absolute Gasteiger partial charge is 0.305 e. The molecule has 0 fully saturated rings. The molecule has 0 aromatic carbocycles. The second-order valence-electron chi connectivity index (χ2n) is 5.07. The Hall–Kier alpha value is -0.530. The van der Waals surface area contributed by atoms with Gasteiger partial charge in [-0.15, -0.1) is 0 Å². The van der Waals surface area contributed by atoms with Crippen molar-refractivity contribution in [2.24, 2.45) is 11.8 Å². The lowest BCUT2D eigenvalue weighted by Gasteiger charge is -2.21. The maximum absolute atomic E-state index is 11.5. The predicted octanol–water partition coefficient (Wildman–Crippen LogP) is 4.57. The van der Waals surface area contributed by atoms with Crippen LogP contribution in [-0.2, 0) is 9.53 Å². The van der Waals surface area contributed by atoms with Crippen LogP contribution in [-0.4, -0.2) is 12.6 Å². The van der Waals surface area contributed by atoms with Crippen LogP contribution in [0, 0.1) is 11.8 Å². The van der Waals surface area contributed by atoms with Gasteiger partial charge in [0.15, 0.2) is 0 Å². The molecule has 0 aromatic heterocycles. The molecule has 2 unspecified atom stereocenters. The summed E-state index contributed by atoms with van der Waals surface area (Å²) in [6, 6.07) is 0. The van der Waals surface area contributed by atoms with E-state index in [1.165, 1.54) is 19.3 Å². The van der Waals surface area contributed by atoms with Crippen molar-refractivity contribution < 1.29 is 9.53 Å². The van der Waals surface area contributed by atoms with Crippen molar-refractivity contribution in [3.05, 3.63) is 0 Å². The van der Waals surface area contributed by atoms with Gasteiger partial charge in [0, 0.05) is 6.42 Å². The van der Waals surface area contributed by atoms with Crippen molar-refractivity contribution in [3.63, 3.8) is 0 Å². The van der Waals surface area contributed by atoms with E-state index in [-0.39, 0.29) is 5.97 Å². The monoisotopic (exact) mass is 242 g/mol. The van der Waals surface area contributed by atoms with Crippen LogP contribution in [0.2, 0.25) is 0 Å². The molecule has 102 valence electrons. The molecule has 0 rings (SSSR count). The summed E-state index contributed by atoms with van der Waals surface area (Å²) in [4.78, 5) is 11.5. The van der Waals surface area contributed by atoms with Crippen LogP contribution < -0.4 is 0 Å². The normalized spacial score (nSPS) is 14.4. The van der Waals surface area contributed by atoms with E-state index in [1.807, 2.05) is 0 Å². The first-order valence-corrected chi connectivity index (χ1v) is 7.31. The summed E-state index contributed by atoms with van der Waals surface area (Å²) in [5, 5.41) is 0. The molecule has 0 spiro atoms. The average molecular weight is 242 g/mol. The number of rotatable bonds is 10. The third-order valence-corrected chi connectivity index (χ3v) is 3.48. The molecule has 0 heterocycles. The maximum atomic E-state index is 11.5. The highest BCUT2D eigenvalue weighted by Gasteiger charge is 2.16. The van der Waals surface area contributed by atoms with Gasteiger partial charge < -0.3 is 4.74 Å². The third-order valence-electron chi connectivity index (χ3n) is 3.48. The first-order valence-electron chi connectivity index (χ1n) is 7.31. The summed E-state index contributed by atoms with van der Waals surface area (Å²) in [6.45, 7) is 9.38. The molecule has 0 N–H and O–H groups in total. The van der Waals surface area contributed by atoms with Gasteiger partial charge in [-0.2, -0.15) is 0 Å². The molecule has 0 bridgehead atoms. The molecule has 2 nitrogen and oxygen atoms in total. The first kappa shape index (κ1) is 16.5. The first-order chi connectivity index (χ1) is 8.15. The van der Waals surface area contributed by atoms with Crippen LogP contribution >= 0.6 is 0 Å². The Labute approximate surface area is 107 Å². The summed E-state index contributed by atoms with van der Waals surface area (Å²) >= 11 is 0. The van der Waals surface area contributed by atoms with Gasteiger partial charge in [0.05, 0.1) is 6.61 Å². The minimum Gasteiger partial charge on any atom is -0.465 e. The fourth-order valence-corrected chi connectivity index (χ4v) is 2.21. The summed E-state index contributed by atoms with van der Waals surface area (Å²) in [5.41, 5.74) is 0. The van der Waals surface area contributed by atoms with Gasteiger partial charge in [-0.25, -0.2) is 0 Å². The van der Waals surface area contributed by atoms with Gasteiger partial charge in [-0.1, -0.05) is 59.8 Å². The zero-order chi connectivity index (χ0) is 13.1. The predicted molar refractivity (Wildman–Crippen MR) is 73.0 cm³/mol. The van der Waals surface area contributed by atoms with E-state index in [0.717, 1.165) is 19.3 Å². The molecular formula is C15H30O2. The number of hydrogen-bond donors (Lipinski definition) is 0. The van der Waals surface area contributed by atoms with Gasteiger partial charge in [-0.05, 0) is 18.3 Å². The Kier molecular flexibility index (Phi) is 10.3. The molecule has 0 aliphatic carbocycles. The van der Waals surface area contributed by atoms with Gasteiger partial charge >= 0.3 is 5.97 Å². The molecule has 0 radical (unpaired) electrons. The molecular weight excluding hydrogens is 212 g/mol. The zero-order valence-electron chi connectivity index (χ0n) is 12.1. The Morgan fingerprint density at radius 2 is 1.82 bits per heavy atom. The van der Waals surface area contributed by atoms with Crippen LogP contribution in [0.5, 0.6) is 0 Å². The molecule has 17 heavy (non-hydrogen) atoms. The molecule has 0 saturated heterocycles. The van der Waals surface area contributed by atoms with E-state index >= 15 is 0 Å². The largest absolute Gasteiger partial charge is 0.465 e. The SMILES string of the molecule is CCCCCC(=O)OCC(C)C(CC)CCC. The lowest BCUT2D eigenvalue weighted by molar-refractivity contribution is -0.145. The minimum absolute atomic E-state index is 0.0170. The van der Waals surface area contributed by atoms with Crippen LogP contribution in [0.4, 0.5) is 0 Å². The standard InChI is InChI=1S/C15H30O2/c1-5-8-9-11-15(16)17-12-13(4)14(7-3)10-6-2/h13-14H,5-12H2,1-4H3. The summed E-state index contributed by atoms with van der Waals surface area (Å²) in [6.07, 6.45) is 7.47. The van der Waals surface area contributed by atoms with Crippen molar-refractivity contribution in [3.8, 4) is 0 Å². The average Bonchev–Trinajstić information content (AvgIpc) is 2.33. The number of hydrogen-bond acceptors (Lipinski definition) is 2. The van der Waals surface area contributed by atoms with Crippen molar-refractivity contribution >= 4 is 5.97 Å².